The number of aromatic nitrogens is 1. The van der Waals surface area contributed by atoms with Gasteiger partial charge in [-0.25, -0.2) is 4.98 Å². The van der Waals surface area contributed by atoms with Gasteiger partial charge < -0.3 is 9.52 Å². The molecule has 3 rings (SSSR count). The number of piperidine rings is 1. The Balaban J connectivity index is 1.73. The zero-order valence-electron chi connectivity index (χ0n) is 12.0. The number of carboxylic acid groups (broad SMARTS) is 1. The molecule has 2 heterocycles. The average molecular weight is 365 g/mol. The number of hydrogen-bond acceptors (Lipinski definition) is 4. The molecule has 5 nitrogen and oxygen atoms in total. The first-order chi connectivity index (χ1) is 10.6. The van der Waals surface area contributed by atoms with E-state index in [1.54, 1.807) is 6.20 Å². The van der Waals surface area contributed by atoms with Crippen molar-refractivity contribution in [1.82, 2.24) is 9.88 Å². The van der Waals surface area contributed by atoms with Gasteiger partial charge in [0, 0.05) is 10.0 Å². The Morgan fingerprint density at radius 1 is 1.36 bits per heavy atom. The van der Waals surface area contributed by atoms with Gasteiger partial charge in [0.05, 0.1) is 12.7 Å². The van der Waals surface area contributed by atoms with E-state index in [1.807, 2.05) is 29.2 Å². The first kappa shape index (κ1) is 15.2. The van der Waals surface area contributed by atoms with Crippen LogP contribution >= 0.6 is 15.9 Å². The SMILES string of the molecule is O=C(O)C1CCCCN1Cc1ncc(-c2ccc(Br)cc2)o1. The largest absolute Gasteiger partial charge is 0.480 e. The minimum Gasteiger partial charge on any atom is -0.480 e. The van der Waals surface area contributed by atoms with Crippen molar-refractivity contribution in [1.29, 1.82) is 0 Å². The van der Waals surface area contributed by atoms with Gasteiger partial charge in [-0.3, -0.25) is 9.69 Å². The van der Waals surface area contributed by atoms with Crippen LogP contribution in [0.4, 0.5) is 0 Å². The fourth-order valence-electron chi connectivity index (χ4n) is 2.76. The van der Waals surface area contributed by atoms with E-state index in [9.17, 15) is 9.90 Å². The highest BCUT2D eigenvalue weighted by molar-refractivity contribution is 9.10. The van der Waals surface area contributed by atoms with Gasteiger partial charge in [0.15, 0.2) is 5.76 Å². The molecule has 22 heavy (non-hydrogen) atoms. The van der Waals surface area contributed by atoms with Crippen LogP contribution in [-0.4, -0.2) is 33.5 Å². The molecule has 1 aliphatic heterocycles. The third-order valence-electron chi connectivity index (χ3n) is 3.92. The summed E-state index contributed by atoms with van der Waals surface area (Å²) in [5, 5.41) is 9.30. The molecule has 1 saturated heterocycles. The van der Waals surface area contributed by atoms with Crippen molar-refractivity contribution in [3.05, 3.63) is 40.8 Å². The first-order valence-electron chi connectivity index (χ1n) is 7.31. The second kappa shape index (κ2) is 6.62. The van der Waals surface area contributed by atoms with Crippen LogP contribution in [0.5, 0.6) is 0 Å². The van der Waals surface area contributed by atoms with Gasteiger partial charge >= 0.3 is 5.97 Å². The van der Waals surface area contributed by atoms with E-state index in [0.29, 0.717) is 24.6 Å². The molecule has 116 valence electrons. The van der Waals surface area contributed by atoms with Gasteiger partial charge in [-0.1, -0.05) is 34.5 Å². The molecule has 0 aliphatic carbocycles. The zero-order valence-corrected chi connectivity index (χ0v) is 13.6. The lowest BCUT2D eigenvalue weighted by Crippen LogP contribution is -2.44. The molecule has 0 radical (unpaired) electrons. The molecule has 1 N–H and O–H groups in total. The van der Waals surface area contributed by atoms with Gasteiger partial charge in [-0.15, -0.1) is 0 Å². The quantitative estimate of drug-likeness (QED) is 0.898. The Morgan fingerprint density at radius 3 is 2.86 bits per heavy atom. The molecule has 1 aliphatic rings. The van der Waals surface area contributed by atoms with E-state index in [0.717, 1.165) is 29.4 Å². The maximum atomic E-state index is 11.3. The number of hydrogen-bond donors (Lipinski definition) is 1. The summed E-state index contributed by atoms with van der Waals surface area (Å²) < 4.78 is 6.79. The minimum absolute atomic E-state index is 0.434. The van der Waals surface area contributed by atoms with E-state index in [1.165, 1.54) is 0 Å². The summed E-state index contributed by atoms with van der Waals surface area (Å²) in [4.78, 5) is 17.5. The summed E-state index contributed by atoms with van der Waals surface area (Å²) >= 11 is 3.40. The van der Waals surface area contributed by atoms with Crippen LogP contribution < -0.4 is 0 Å². The standard InChI is InChI=1S/C16H17BrN2O3/c17-12-6-4-11(5-7-12)14-9-18-15(22-14)10-19-8-2-1-3-13(19)16(20)21/h4-7,9,13H,1-3,8,10H2,(H,20,21). The van der Waals surface area contributed by atoms with Crippen molar-refractivity contribution >= 4 is 21.9 Å². The summed E-state index contributed by atoms with van der Waals surface area (Å²) in [6, 6.07) is 7.37. The summed E-state index contributed by atoms with van der Waals surface area (Å²) in [5.41, 5.74) is 0.954. The maximum Gasteiger partial charge on any atom is 0.320 e. The normalized spacial score (nSPS) is 19.2. The van der Waals surface area contributed by atoms with Crippen LogP contribution in [0.25, 0.3) is 11.3 Å². The summed E-state index contributed by atoms with van der Waals surface area (Å²) in [6.45, 7) is 1.21. The number of likely N-dealkylation sites (tertiary alicyclic amines) is 1. The fraction of sp³-hybridized carbons (Fsp3) is 0.375. The molecular weight excluding hydrogens is 348 g/mol. The summed E-state index contributed by atoms with van der Waals surface area (Å²) in [7, 11) is 0. The first-order valence-corrected chi connectivity index (χ1v) is 8.10. The smallest absolute Gasteiger partial charge is 0.320 e. The van der Waals surface area contributed by atoms with Gasteiger partial charge in [-0.05, 0) is 31.5 Å². The predicted octanol–water partition coefficient (Wildman–Crippen LogP) is 3.54. The third-order valence-corrected chi connectivity index (χ3v) is 4.45. The number of rotatable bonds is 4. The molecular formula is C16H17BrN2O3. The second-order valence-electron chi connectivity index (χ2n) is 5.45. The molecule has 0 spiro atoms. The van der Waals surface area contributed by atoms with Crippen LogP contribution in [-0.2, 0) is 11.3 Å². The summed E-state index contributed by atoms with van der Waals surface area (Å²) in [6.07, 6.45) is 4.36. The fourth-order valence-corrected chi connectivity index (χ4v) is 3.03. The molecule has 1 unspecified atom stereocenters. The topological polar surface area (TPSA) is 66.6 Å². The lowest BCUT2D eigenvalue weighted by molar-refractivity contribution is -0.145. The van der Waals surface area contributed by atoms with Crippen LogP contribution in [0, 0.1) is 0 Å². The molecule has 1 aromatic carbocycles. The van der Waals surface area contributed by atoms with Crippen molar-refractivity contribution in [2.75, 3.05) is 6.54 Å². The van der Waals surface area contributed by atoms with E-state index in [4.69, 9.17) is 4.42 Å². The Bertz CT molecular complexity index is 654. The monoisotopic (exact) mass is 364 g/mol. The predicted molar refractivity (Wildman–Crippen MR) is 85.3 cm³/mol. The molecule has 1 atom stereocenters. The molecule has 2 aromatic rings. The minimum atomic E-state index is -0.764. The van der Waals surface area contributed by atoms with Crippen molar-refractivity contribution in [2.45, 2.75) is 31.8 Å². The maximum absolute atomic E-state index is 11.3. The number of carboxylic acids is 1. The molecule has 1 aromatic heterocycles. The van der Waals surface area contributed by atoms with E-state index < -0.39 is 12.0 Å². The average Bonchev–Trinajstić information content (AvgIpc) is 2.97. The van der Waals surface area contributed by atoms with Crippen LogP contribution in [0.2, 0.25) is 0 Å². The number of halogens is 1. The molecule has 0 bridgehead atoms. The van der Waals surface area contributed by atoms with E-state index in [-0.39, 0.29) is 0 Å². The van der Waals surface area contributed by atoms with Gasteiger partial charge in [-0.2, -0.15) is 0 Å². The molecule has 0 saturated carbocycles. The highest BCUT2D eigenvalue weighted by Crippen LogP contribution is 2.24. The zero-order chi connectivity index (χ0) is 15.5. The Hall–Kier alpha value is -1.66. The van der Waals surface area contributed by atoms with Gasteiger partial charge in [0.2, 0.25) is 5.89 Å². The lowest BCUT2D eigenvalue weighted by Gasteiger charge is -2.31. The second-order valence-corrected chi connectivity index (χ2v) is 6.36. The van der Waals surface area contributed by atoms with E-state index >= 15 is 0 Å². The third kappa shape index (κ3) is 3.39. The lowest BCUT2D eigenvalue weighted by atomic mass is 10.0. The van der Waals surface area contributed by atoms with Crippen molar-refractivity contribution in [3.8, 4) is 11.3 Å². The van der Waals surface area contributed by atoms with Crippen LogP contribution in [0.15, 0.2) is 39.4 Å². The Kier molecular flexibility index (Phi) is 4.59. The van der Waals surface area contributed by atoms with Crippen LogP contribution in [0.1, 0.15) is 25.2 Å². The van der Waals surface area contributed by atoms with Crippen molar-refractivity contribution in [2.24, 2.45) is 0 Å². The van der Waals surface area contributed by atoms with E-state index in [2.05, 4.69) is 20.9 Å². The van der Waals surface area contributed by atoms with Crippen LogP contribution in [0.3, 0.4) is 0 Å². The molecule has 0 amide bonds. The molecule has 6 heteroatoms. The highest BCUT2D eigenvalue weighted by atomic mass is 79.9. The van der Waals surface area contributed by atoms with Crippen molar-refractivity contribution < 1.29 is 14.3 Å². The Morgan fingerprint density at radius 2 is 2.14 bits per heavy atom. The number of benzene rings is 1. The number of nitrogens with zero attached hydrogens (tertiary/aromatic N) is 2. The number of oxazole rings is 1. The highest BCUT2D eigenvalue weighted by Gasteiger charge is 2.29. The Labute approximate surface area is 137 Å². The van der Waals surface area contributed by atoms with Gasteiger partial charge in [0.1, 0.15) is 6.04 Å². The van der Waals surface area contributed by atoms with Gasteiger partial charge in [0.25, 0.3) is 0 Å². The summed E-state index contributed by atoms with van der Waals surface area (Å²) in [5.74, 6) is 0.497. The molecule has 1 fully saturated rings. The number of carbonyl (C=O) groups is 1. The number of aliphatic carboxylic acids is 1. The van der Waals surface area contributed by atoms with Crippen molar-refractivity contribution in [3.63, 3.8) is 0 Å².